The smallest absolute Gasteiger partial charge is 0.425 e. The summed E-state index contributed by atoms with van der Waals surface area (Å²) in [6, 6.07) is 8.97. The van der Waals surface area contributed by atoms with Crippen molar-refractivity contribution in [3.8, 4) is 10.8 Å². The monoisotopic (exact) mass is 807 g/mol. The quantitative estimate of drug-likeness (QED) is 0.101. The number of amides is 2. The van der Waals surface area contributed by atoms with Crippen LogP contribution < -0.4 is 9.47 Å². The molecule has 2 saturated heterocycles. The summed E-state index contributed by atoms with van der Waals surface area (Å²) < 4.78 is 106. The van der Waals surface area contributed by atoms with E-state index in [4.69, 9.17) is 19.3 Å². The van der Waals surface area contributed by atoms with Crippen molar-refractivity contribution in [1.29, 1.82) is 0 Å². The van der Waals surface area contributed by atoms with Gasteiger partial charge in [-0.05, 0) is 62.4 Å². The Kier molecular flexibility index (Phi) is 12.4. The molecule has 3 N–H and O–H groups in total. The van der Waals surface area contributed by atoms with Crippen LogP contribution in [0, 0.1) is 0 Å². The normalized spacial score (nSPS) is 20.8. The molecular formula is C35H40F6N3O8PS. The van der Waals surface area contributed by atoms with Crippen molar-refractivity contribution in [2.75, 3.05) is 32.4 Å². The third-order valence-electron chi connectivity index (χ3n) is 9.62. The predicted molar refractivity (Wildman–Crippen MR) is 184 cm³/mol. The fourth-order valence-corrected chi connectivity index (χ4v) is 8.43. The molecule has 4 heterocycles. The van der Waals surface area contributed by atoms with Gasteiger partial charge in [-0.25, -0.2) is 0 Å². The van der Waals surface area contributed by atoms with Crippen LogP contribution in [0.3, 0.4) is 0 Å². The summed E-state index contributed by atoms with van der Waals surface area (Å²) in [4.78, 5) is 52.4. The molecule has 2 amide bonds. The van der Waals surface area contributed by atoms with Crippen molar-refractivity contribution >= 4 is 30.7 Å². The molecule has 0 unspecified atom stereocenters. The van der Waals surface area contributed by atoms with Gasteiger partial charge in [0.1, 0.15) is 16.3 Å². The van der Waals surface area contributed by atoms with Gasteiger partial charge < -0.3 is 34.2 Å². The number of aromatic nitrogens is 1. The largest absolute Gasteiger partial charge is 0.493 e. The summed E-state index contributed by atoms with van der Waals surface area (Å²) in [6.45, 7) is 1.47. The van der Waals surface area contributed by atoms with E-state index in [0.29, 0.717) is 12.0 Å². The number of para-hydroxylation sites is 1. The molecule has 2 fully saturated rings. The molecule has 0 spiro atoms. The van der Waals surface area contributed by atoms with E-state index < -0.39 is 71.3 Å². The number of pyridine rings is 1. The molecule has 2 atom stereocenters. The molecule has 2 aromatic heterocycles. The maximum absolute atomic E-state index is 14.8. The van der Waals surface area contributed by atoms with Crippen molar-refractivity contribution in [2.24, 2.45) is 0 Å². The van der Waals surface area contributed by atoms with Gasteiger partial charge in [0.25, 0.3) is 11.8 Å². The summed E-state index contributed by atoms with van der Waals surface area (Å²) in [7, 11) is -4.24. The van der Waals surface area contributed by atoms with E-state index in [0.717, 1.165) is 35.4 Å². The summed E-state index contributed by atoms with van der Waals surface area (Å²) >= 11 is 0.256. The number of carbonyl (C=O) groups is 2. The average Bonchev–Trinajstić information content (AvgIpc) is 3.59. The predicted octanol–water partition coefficient (Wildman–Crippen LogP) is 6.86. The van der Waals surface area contributed by atoms with Crippen LogP contribution in [0.2, 0.25) is 0 Å². The van der Waals surface area contributed by atoms with Crippen LogP contribution in [-0.2, 0) is 27.3 Å². The molecule has 5 rings (SSSR count). The number of hydrogen-bond donors (Lipinski definition) is 3. The SMILES string of the molecule is CCC[C@H]1N(C(=O)c2ncccc2C(F)(F)F)CCC[C@@]1(Oc1ccc(C(F)(F)F)s1)C(=O)N1CCC(O)(c2ccccc2OCCCP(=O)(O)O)CC1. The van der Waals surface area contributed by atoms with E-state index in [1.165, 1.54) is 4.90 Å². The summed E-state index contributed by atoms with van der Waals surface area (Å²) in [5.74, 6) is -1.52. The van der Waals surface area contributed by atoms with Crippen molar-refractivity contribution in [3.63, 3.8) is 0 Å². The number of alkyl halides is 6. The molecule has 2 aliphatic rings. The highest BCUT2D eigenvalue weighted by atomic mass is 32.1. The zero-order valence-electron chi connectivity index (χ0n) is 29.1. The summed E-state index contributed by atoms with van der Waals surface area (Å²) in [6.07, 6.45) is -8.64. The third kappa shape index (κ3) is 9.21. The number of ether oxygens (including phenoxy) is 2. The van der Waals surface area contributed by atoms with Crippen molar-refractivity contribution in [3.05, 3.63) is 76.4 Å². The Morgan fingerprint density at radius 1 is 0.981 bits per heavy atom. The van der Waals surface area contributed by atoms with Gasteiger partial charge in [0.05, 0.1) is 30.0 Å². The van der Waals surface area contributed by atoms with Crippen LogP contribution >= 0.6 is 18.9 Å². The molecule has 1 aromatic carbocycles. The Bertz CT molecular complexity index is 1850. The van der Waals surface area contributed by atoms with Gasteiger partial charge >= 0.3 is 19.9 Å². The topological polar surface area (TPSA) is 150 Å². The van der Waals surface area contributed by atoms with Gasteiger partial charge in [0.2, 0.25) is 5.60 Å². The summed E-state index contributed by atoms with van der Waals surface area (Å²) in [5.41, 5.74) is -5.31. The first-order valence-electron chi connectivity index (χ1n) is 17.3. The lowest BCUT2D eigenvalue weighted by atomic mass is 9.78. The lowest BCUT2D eigenvalue weighted by Gasteiger charge is -2.51. The zero-order valence-corrected chi connectivity index (χ0v) is 30.8. The molecule has 2 aliphatic heterocycles. The Hall–Kier alpha value is -3.70. The zero-order chi connectivity index (χ0) is 39.5. The Balaban J connectivity index is 1.47. The van der Waals surface area contributed by atoms with Crippen molar-refractivity contribution < 1.29 is 64.9 Å². The number of likely N-dealkylation sites (tertiary alicyclic amines) is 2. The van der Waals surface area contributed by atoms with Gasteiger partial charge in [-0.2, -0.15) is 26.3 Å². The maximum Gasteiger partial charge on any atom is 0.425 e. The number of hydrogen-bond acceptors (Lipinski definition) is 8. The molecule has 11 nitrogen and oxygen atoms in total. The second-order valence-electron chi connectivity index (χ2n) is 13.3. The van der Waals surface area contributed by atoms with Crippen LogP contribution in [0.15, 0.2) is 54.7 Å². The highest BCUT2D eigenvalue weighted by Gasteiger charge is 2.57. The van der Waals surface area contributed by atoms with Crippen LogP contribution in [0.25, 0.3) is 0 Å². The Labute approximate surface area is 311 Å². The van der Waals surface area contributed by atoms with Crippen LogP contribution in [-0.4, -0.2) is 85.5 Å². The fourth-order valence-electron chi connectivity index (χ4n) is 7.10. The molecule has 296 valence electrons. The van der Waals surface area contributed by atoms with Crippen LogP contribution in [0.5, 0.6) is 10.8 Å². The van der Waals surface area contributed by atoms with E-state index in [1.54, 1.807) is 31.2 Å². The van der Waals surface area contributed by atoms with Gasteiger partial charge in [0, 0.05) is 37.8 Å². The lowest BCUT2D eigenvalue weighted by molar-refractivity contribution is -0.163. The Morgan fingerprint density at radius 3 is 2.31 bits per heavy atom. The molecule has 19 heteroatoms. The van der Waals surface area contributed by atoms with Crippen molar-refractivity contribution in [2.45, 2.75) is 81.5 Å². The molecule has 0 radical (unpaired) electrons. The van der Waals surface area contributed by atoms with E-state index in [9.17, 15) is 45.6 Å². The lowest BCUT2D eigenvalue weighted by Crippen LogP contribution is -2.68. The number of piperidine rings is 2. The minimum absolute atomic E-state index is 0.0289. The van der Waals surface area contributed by atoms with E-state index in [2.05, 4.69) is 4.98 Å². The summed E-state index contributed by atoms with van der Waals surface area (Å²) in [5, 5.41) is 11.6. The molecule has 0 bridgehead atoms. The number of benzene rings is 1. The van der Waals surface area contributed by atoms with E-state index in [1.807, 2.05) is 0 Å². The highest BCUT2D eigenvalue weighted by Crippen LogP contribution is 2.45. The number of halogens is 6. The highest BCUT2D eigenvalue weighted by molar-refractivity contribution is 7.51. The minimum atomic E-state index is -4.93. The molecule has 0 aliphatic carbocycles. The van der Waals surface area contributed by atoms with E-state index >= 15 is 0 Å². The Morgan fingerprint density at radius 2 is 1.69 bits per heavy atom. The number of aliphatic hydroxyl groups is 1. The van der Waals surface area contributed by atoms with Crippen LogP contribution in [0.4, 0.5) is 26.3 Å². The first-order chi connectivity index (χ1) is 25.3. The molecule has 3 aromatic rings. The number of rotatable bonds is 12. The first-order valence-corrected chi connectivity index (χ1v) is 19.9. The van der Waals surface area contributed by atoms with Gasteiger partial charge in [-0.3, -0.25) is 19.1 Å². The number of carbonyl (C=O) groups excluding carboxylic acids is 2. The second kappa shape index (κ2) is 16.2. The molecule has 0 saturated carbocycles. The maximum atomic E-state index is 14.8. The third-order valence-corrected chi connectivity index (χ3v) is 11.5. The van der Waals surface area contributed by atoms with Crippen LogP contribution in [0.1, 0.15) is 78.4 Å². The van der Waals surface area contributed by atoms with Crippen molar-refractivity contribution in [1.82, 2.24) is 14.8 Å². The number of thiophene rings is 1. The average molecular weight is 808 g/mol. The minimum Gasteiger partial charge on any atom is -0.493 e. The van der Waals surface area contributed by atoms with Gasteiger partial charge in [0.15, 0.2) is 5.06 Å². The second-order valence-corrected chi connectivity index (χ2v) is 16.1. The molecule has 54 heavy (non-hydrogen) atoms. The van der Waals surface area contributed by atoms with Gasteiger partial charge in [-0.1, -0.05) is 42.9 Å². The standard InChI is InChI=1S/C35H40F6N3O8PS/c1-2-8-26-33(52-28-13-12-27(54-28)35(39,40)41,14-6-18-44(26)30(45)29-24(34(36,37)38)10-5-17-42-29)31(46)43-19-15-32(47,16-20-43)23-9-3-4-11-25(23)51-21-7-22-53(48,49)50/h3-5,9-13,17,26,47H,2,6-8,14-16,18-22H2,1H3,(H2,48,49,50)/t26-,33+/m1/s1. The first kappa shape index (κ1) is 41.5. The van der Waals surface area contributed by atoms with E-state index in [-0.39, 0.29) is 86.9 Å². The van der Waals surface area contributed by atoms with Gasteiger partial charge in [-0.15, -0.1) is 0 Å². The number of nitrogens with zero attached hydrogens (tertiary/aromatic N) is 3. The molecular weight excluding hydrogens is 767 g/mol. The fraction of sp³-hybridized carbons (Fsp3) is 0.514.